The lowest BCUT2D eigenvalue weighted by molar-refractivity contribution is -0.384. The van der Waals surface area contributed by atoms with Crippen molar-refractivity contribution in [3.8, 4) is 0 Å². The lowest BCUT2D eigenvalue weighted by Crippen LogP contribution is -2.00. The molecule has 2 aromatic carbocycles. The number of nitrogens with one attached hydrogen (secondary N) is 1. The number of nitrogen functional groups attached to an aromatic ring is 1. The first-order valence-corrected chi connectivity index (χ1v) is 5.97. The van der Waals surface area contributed by atoms with Crippen molar-refractivity contribution in [2.24, 2.45) is 5.10 Å². The zero-order valence-electron chi connectivity index (χ0n) is 10.9. The number of hydrogen-bond acceptors (Lipinski definition) is 5. The molecule has 2 rings (SSSR count). The van der Waals surface area contributed by atoms with Crippen molar-refractivity contribution in [2.75, 3.05) is 11.2 Å². The highest BCUT2D eigenvalue weighted by atomic mass is 16.6. The Morgan fingerprint density at radius 3 is 2.30 bits per heavy atom. The van der Waals surface area contributed by atoms with Gasteiger partial charge in [0.2, 0.25) is 0 Å². The van der Waals surface area contributed by atoms with Crippen LogP contribution in [0.25, 0.3) is 0 Å². The van der Waals surface area contributed by atoms with Gasteiger partial charge in [0.25, 0.3) is 5.69 Å². The fourth-order valence-electron chi connectivity index (χ4n) is 1.59. The van der Waals surface area contributed by atoms with Crippen LogP contribution < -0.4 is 11.2 Å². The van der Waals surface area contributed by atoms with Gasteiger partial charge in [0.05, 0.1) is 16.3 Å². The number of non-ortho nitro benzene ring substituents is 1. The van der Waals surface area contributed by atoms with E-state index < -0.39 is 4.92 Å². The summed E-state index contributed by atoms with van der Waals surface area (Å²) >= 11 is 0. The number of rotatable bonds is 4. The summed E-state index contributed by atoms with van der Waals surface area (Å²) in [4.78, 5) is 10.1. The Bertz CT molecular complexity index is 633. The van der Waals surface area contributed by atoms with Crippen LogP contribution >= 0.6 is 0 Å². The summed E-state index contributed by atoms with van der Waals surface area (Å²) < 4.78 is 0. The molecule has 0 amide bonds. The van der Waals surface area contributed by atoms with E-state index in [1.807, 2.05) is 19.1 Å². The van der Waals surface area contributed by atoms with Crippen molar-refractivity contribution in [1.29, 1.82) is 0 Å². The highest BCUT2D eigenvalue weighted by Gasteiger charge is 2.03. The zero-order valence-corrected chi connectivity index (χ0v) is 10.9. The Morgan fingerprint density at radius 1 is 1.15 bits per heavy atom. The van der Waals surface area contributed by atoms with Crippen LogP contribution in [0.1, 0.15) is 12.5 Å². The van der Waals surface area contributed by atoms with Gasteiger partial charge in [0.15, 0.2) is 0 Å². The number of nitrogens with zero attached hydrogens (tertiary/aromatic N) is 2. The van der Waals surface area contributed by atoms with E-state index in [-0.39, 0.29) is 5.69 Å². The third kappa shape index (κ3) is 3.32. The number of hydrogen-bond donors (Lipinski definition) is 2. The molecular weight excluding hydrogens is 256 g/mol. The molecule has 6 nitrogen and oxygen atoms in total. The molecule has 0 aliphatic heterocycles. The molecule has 20 heavy (non-hydrogen) atoms. The maximum atomic E-state index is 10.5. The van der Waals surface area contributed by atoms with Gasteiger partial charge in [0, 0.05) is 17.8 Å². The van der Waals surface area contributed by atoms with Crippen molar-refractivity contribution in [1.82, 2.24) is 0 Å². The molecule has 0 atom stereocenters. The summed E-state index contributed by atoms with van der Waals surface area (Å²) in [5.74, 6) is 0. The first-order chi connectivity index (χ1) is 9.56. The van der Waals surface area contributed by atoms with E-state index in [2.05, 4.69) is 10.5 Å². The Labute approximate surface area is 116 Å². The topological polar surface area (TPSA) is 93.5 Å². The predicted molar refractivity (Wildman–Crippen MR) is 79.8 cm³/mol. The summed E-state index contributed by atoms with van der Waals surface area (Å²) in [5.41, 5.74) is 11.7. The van der Waals surface area contributed by atoms with Gasteiger partial charge in [-0.05, 0) is 36.8 Å². The highest BCUT2D eigenvalue weighted by molar-refractivity contribution is 5.99. The Kier molecular flexibility index (Phi) is 3.95. The molecular formula is C14H14N4O2. The van der Waals surface area contributed by atoms with Crippen LogP contribution in [-0.4, -0.2) is 10.6 Å². The third-order valence-electron chi connectivity index (χ3n) is 2.76. The highest BCUT2D eigenvalue weighted by Crippen LogP contribution is 2.15. The van der Waals surface area contributed by atoms with Crippen molar-refractivity contribution >= 4 is 22.8 Å². The minimum Gasteiger partial charge on any atom is -0.399 e. The zero-order chi connectivity index (χ0) is 14.5. The van der Waals surface area contributed by atoms with E-state index in [0.29, 0.717) is 11.4 Å². The SMILES string of the molecule is C/C(=N/Nc1ccc([N+](=O)[O-])cc1)c1ccc(N)cc1. The number of nitro groups is 1. The quantitative estimate of drug-likeness (QED) is 0.386. The van der Waals surface area contributed by atoms with Gasteiger partial charge >= 0.3 is 0 Å². The Hall–Kier alpha value is -2.89. The second kappa shape index (κ2) is 5.83. The number of nitro benzene ring substituents is 1. The van der Waals surface area contributed by atoms with E-state index in [1.165, 1.54) is 12.1 Å². The average Bonchev–Trinajstić information content (AvgIpc) is 2.46. The van der Waals surface area contributed by atoms with Gasteiger partial charge in [-0.3, -0.25) is 15.5 Å². The lowest BCUT2D eigenvalue weighted by atomic mass is 10.1. The molecule has 0 aromatic heterocycles. The number of hydrazone groups is 1. The normalized spacial score (nSPS) is 11.2. The van der Waals surface area contributed by atoms with Gasteiger partial charge < -0.3 is 5.73 Å². The summed E-state index contributed by atoms with van der Waals surface area (Å²) in [5, 5.41) is 14.8. The van der Waals surface area contributed by atoms with Gasteiger partial charge in [0.1, 0.15) is 0 Å². The van der Waals surface area contributed by atoms with Crippen molar-refractivity contribution in [2.45, 2.75) is 6.92 Å². The van der Waals surface area contributed by atoms with Crippen LogP contribution in [0.4, 0.5) is 17.1 Å². The van der Waals surface area contributed by atoms with Gasteiger partial charge in [-0.15, -0.1) is 0 Å². The molecule has 3 N–H and O–H groups in total. The third-order valence-corrected chi connectivity index (χ3v) is 2.76. The summed E-state index contributed by atoms with van der Waals surface area (Å²) in [7, 11) is 0. The molecule has 0 heterocycles. The van der Waals surface area contributed by atoms with Crippen molar-refractivity contribution < 1.29 is 4.92 Å². The van der Waals surface area contributed by atoms with Crippen LogP contribution in [0.15, 0.2) is 53.6 Å². The monoisotopic (exact) mass is 270 g/mol. The molecule has 0 bridgehead atoms. The fourth-order valence-corrected chi connectivity index (χ4v) is 1.59. The molecule has 102 valence electrons. The molecule has 0 unspecified atom stereocenters. The summed E-state index contributed by atoms with van der Waals surface area (Å²) in [6, 6.07) is 13.4. The van der Waals surface area contributed by atoms with E-state index in [9.17, 15) is 10.1 Å². The summed E-state index contributed by atoms with van der Waals surface area (Å²) in [6.45, 7) is 1.86. The molecule has 0 spiro atoms. The number of anilines is 2. The second-order valence-electron chi connectivity index (χ2n) is 4.24. The molecule has 0 fully saturated rings. The van der Waals surface area contributed by atoms with E-state index >= 15 is 0 Å². The standard InChI is InChI=1S/C14H14N4O2/c1-10(11-2-4-12(15)5-3-11)16-17-13-6-8-14(9-7-13)18(19)20/h2-9,17H,15H2,1H3/b16-10-. The lowest BCUT2D eigenvalue weighted by Gasteiger charge is -2.04. The van der Waals surface area contributed by atoms with E-state index in [1.54, 1.807) is 24.3 Å². The van der Waals surface area contributed by atoms with Crippen LogP contribution in [0.3, 0.4) is 0 Å². The second-order valence-corrected chi connectivity index (χ2v) is 4.24. The summed E-state index contributed by atoms with van der Waals surface area (Å²) in [6.07, 6.45) is 0. The first kappa shape index (κ1) is 13.5. The van der Waals surface area contributed by atoms with E-state index in [4.69, 9.17) is 5.73 Å². The molecule has 6 heteroatoms. The molecule has 0 radical (unpaired) electrons. The molecule has 0 aliphatic rings. The fraction of sp³-hybridized carbons (Fsp3) is 0.0714. The van der Waals surface area contributed by atoms with Crippen LogP contribution in [0.5, 0.6) is 0 Å². The maximum Gasteiger partial charge on any atom is 0.269 e. The minimum absolute atomic E-state index is 0.0507. The van der Waals surface area contributed by atoms with Crippen molar-refractivity contribution in [3.63, 3.8) is 0 Å². The number of benzene rings is 2. The van der Waals surface area contributed by atoms with Gasteiger partial charge in [-0.25, -0.2) is 0 Å². The molecule has 2 aromatic rings. The molecule has 0 aliphatic carbocycles. The smallest absolute Gasteiger partial charge is 0.269 e. The maximum absolute atomic E-state index is 10.5. The predicted octanol–water partition coefficient (Wildman–Crippen LogP) is 3.01. The first-order valence-electron chi connectivity index (χ1n) is 5.97. The van der Waals surface area contributed by atoms with Gasteiger partial charge in [-0.1, -0.05) is 12.1 Å². The molecule has 0 saturated heterocycles. The average molecular weight is 270 g/mol. The van der Waals surface area contributed by atoms with Crippen LogP contribution in [-0.2, 0) is 0 Å². The number of nitrogens with two attached hydrogens (primary N) is 1. The van der Waals surface area contributed by atoms with Crippen LogP contribution in [0, 0.1) is 10.1 Å². The molecule has 0 saturated carbocycles. The van der Waals surface area contributed by atoms with Crippen molar-refractivity contribution in [3.05, 3.63) is 64.2 Å². The minimum atomic E-state index is -0.438. The Balaban J connectivity index is 2.08. The van der Waals surface area contributed by atoms with E-state index in [0.717, 1.165) is 11.3 Å². The van der Waals surface area contributed by atoms with Crippen LogP contribution in [0.2, 0.25) is 0 Å². The van der Waals surface area contributed by atoms with Gasteiger partial charge in [-0.2, -0.15) is 5.10 Å². The Morgan fingerprint density at radius 2 is 1.75 bits per heavy atom. The largest absolute Gasteiger partial charge is 0.399 e.